The molecule has 2 atom stereocenters. The minimum atomic E-state index is -0.246. The van der Waals surface area contributed by atoms with E-state index in [0.29, 0.717) is 19.1 Å². The zero-order valence-corrected chi connectivity index (χ0v) is 19.8. The minimum absolute atomic E-state index is 0.0000451. The van der Waals surface area contributed by atoms with Crippen LogP contribution in [-0.2, 0) is 16.1 Å². The maximum absolute atomic E-state index is 9.49. The number of rotatable bonds is 21. The van der Waals surface area contributed by atoms with E-state index in [4.69, 9.17) is 9.47 Å². The van der Waals surface area contributed by atoms with Crippen molar-refractivity contribution in [2.24, 2.45) is 5.92 Å². The highest BCUT2D eigenvalue weighted by atomic mass is 16.5. The van der Waals surface area contributed by atoms with Crippen LogP contribution >= 0.6 is 0 Å². The van der Waals surface area contributed by atoms with Crippen molar-refractivity contribution in [3.63, 3.8) is 0 Å². The van der Waals surface area contributed by atoms with Gasteiger partial charge in [0, 0.05) is 6.61 Å². The van der Waals surface area contributed by atoms with Gasteiger partial charge in [-0.25, -0.2) is 0 Å². The van der Waals surface area contributed by atoms with Gasteiger partial charge < -0.3 is 14.6 Å². The summed E-state index contributed by atoms with van der Waals surface area (Å²) in [6.07, 6.45) is 17.7. The summed E-state index contributed by atoms with van der Waals surface area (Å²) in [4.78, 5) is 0. The van der Waals surface area contributed by atoms with Crippen molar-refractivity contribution >= 4 is 0 Å². The largest absolute Gasteiger partial charge is 0.394 e. The summed E-state index contributed by atoms with van der Waals surface area (Å²) >= 11 is 0. The summed E-state index contributed by atoms with van der Waals surface area (Å²) in [5.74, 6) is 0.571. The lowest BCUT2D eigenvalue weighted by Gasteiger charge is -2.18. The lowest BCUT2D eigenvalue weighted by molar-refractivity contribution is -0.0549. The van der Waals surface area contributed by atoms with Crippen molar-refractivity contribution in [1.29, 1.82) is 0 Å². The summed E-state index contributed by atoms with van der Waals surface area (Å²) < 4.78 is 11.6. The zero-order valence-electron chi connectivity index (χ0n) is 19.8. The summed E-state index contributed by atoms with van der Waals surface area (Å²) in [6.45, 7) is 6.28. The maximum atomic E-state index is 9.49. The molecule has 3 nitrogen and oxygen atoms in total. The Labute approximate surface area is 186 Å². The molecule has 1 N–H and O–H groups in total. The van der Waals surface area contributed by atoms with Crippen molar-refractivity contribution in [3.05, 3.63) is 35.9 Å². The Bertz CT molecular complexity index is 462. The fraction of sp³-hybridized carbons (Fsp3) is 0.778. The predicted octanol–water partition coefficient (Wildman–Crippen LogP) is 7.31. The highest BCUT2D eigenvalue weighted by Crippen LogP contribution is 2.15. The predicted molar refractivity (Wildman–Crippen MR) is 128 cm³/mol. The zero-order chi connectivity index (χ0) is 21.7. The molecule has 0 aromatic heterocycles. The second-order valence-electron chi connectivity index (χ2n) is 8.92. The Morgan fingerprint density at radius 1 is 0.767 bits per heavy atom. The Balaban J connectivity index is 1.89. The molecular formula is C27H48O3. The van der Waals surface area contributed by atoms with E-state index in [-0.39, 0.29) is 12.7 Å². The van der Waals surface area contributed by atoms with Crippen molar-refractivity contribution < 1.29 is 14.6 Å². The number of benzene rings is 1. The van der Waals surface area contributed by atoms with Crippen LogP contribution in [0.25, 0.3) is 0 Å². The van der Waals surface area contributed by atoms with E-state index in [1.165, 1.54) is 83.5 Å². The first-order chi connectivity index (χ1) is 14.8. The molecule has 0 aliphatic carbocycles. The first-order valence-electron chi connectivity index (χ1n) is 12.6. The van der Waals surface area contributed by atoms with E-state index in [9.17, 15) is 5.11 Å². The number of unbranched alkanes of at least 4 members (excludes halogenated alkanes) is 11. The molecule has 0 bridgehead atoms. The fourth-order valence-electron chi connectivity index (χ4n) is 3.76. The third-order valence-corrected chi connectivity index (χ3v) is 5.79. The van der Waals surface area contributed by atoms with Gasteiger partial charge in [-0.3, -0.25) is 0 Å². The van der Waals surface area contributed by atoms with Crippen LogP contribution in [0.3, 0.4) is 0 Å². The van der Waals surface area contributed by atoms with Crippen LogP contribution in [-0.4, -0.2) is 31.0 Å². The lowest BCUT2D eigenvalue weighted by atomic mass is 10.0. The Hall–Kier alpha value is -0.900. The minimum Gasteiger partial charge on any atom is -0.394 e. The summed E-state index contributed by atoms with van der Waals surface area (Å²) in [7, 11) is 0. The summed E-state index contributed by atoms with van der Waals surface area (Å²) in [5.41, 5.74) is 1.12. The molecule has 1 rings (SSSR count). The summed E-state index contributed by atoms with van der Waals surface area (Å²) in [5, 5.41) is 9.49. The van der Waals surface area contributed by atoms with Crippen LogP contribution in [0.2, 0.25) is 0 Å². The highest BCUT2D eigenvalue weighted by Gasteiger charge is 2.10. The topological polar surface area (TPSA) is 38.7 Å². The third-order valence-electron chi connectivity index (χ3n) is 5.79. The van der Waals surface area contributed by atoms with Crippen LogP contribution in [0.15, 0.2) is 30.3 Å². The molecule has 0 amide bonds. The van der Waals surface area contributed by atoms with Gasteiger partial charge in [0.15, 0.2) is 0 Å². The van der Waals surface area contributed by atoms with E-state index < -0.39 is 0 Å². The SMILES string of the molecule is CCCCCCCCCCCCCCC(C)COC[C@H](CO)OCc1ccccc1. The average Bonchev–Trinajstić information content (AvgIpc) is 2.77. The van der Waals surface area contributed by atoms with Crippen molar-refractivity contribution in [2.75, 3.05) is 19.8 Å². The Morgan fingerprint density at radius 2 is 1.33 bits per heavy atom. The third kappa shape index (κ3) is 15.9. The smallest absolute Gasteiger partial charge is 0.104 e. The molecule has 1 aromatic carbocycles. The normalized spacial score (nSPS) is 13.4. The van der Waals surface area contributed by atoms with E-state index >= 15 is 0 Å². The maximum Gasteiger partial charge on any atom is 0.104 e. The molecule has 0 aliphatic rings. The van der Waals surface area contributed by atoms with Crippen LogP contribution in [0.1, 0.15) is 103 Å². The quantitative estimate of drug-likeness (QED) is 0.212. The standard InChI is InChI=1S/C27H48O3/c1-3-4-5-6-7-8-9-10-11-12-13-15-18-25(2)22-29-24-27(21-28)30-23-26-19-16-14-17-20-26/h14,16-17,19-20,25,27-28H,3-13,15,18,21-24H2,1-2H3/t25?,27-/m0/s1. The molecule has 0 heterocycles. The van der Waals surface area contributed by atoms with E-state index in [1.807, 2.05) is 30.3 Å². The van der Waals surface area contributed by atoms with Crippen LogP contribution < -0.4 is 0 Å². The first-order valence-corrected chi connectivity index (χ1v) is 12.6. The fourth-order valence-corrected chi connectivity index (χ4v) is 3.76. The number of aliphatic hydroxyl groups is 1. The van der Waals surface area contributed by atoms with Crippen molar-refractivity contribution in [2.45, 2.75) is 110 Å². The second-order valence-corrected chi connectivity index (χ2v) is 8.92. The lowest BCUT2D eigenvalue weighted by Crippen LogP contribution is -2.25. The molecule has 174 valence electrons. The van der Waals surface area contributed by atoms with Crippen molar-refractivity contribution in [3.8, 4) is 0 Å². The van der Waals surface area contributed by atoms with Crippen LogP contribution in [0.4, 0.5) is 0 Å². The van der Waals surface area contributed by atoms with Crippen LogP contribution in [0, 0.1) is 5.92 Å². The molecule has 0 saturated heterocycles. The molecule has 0 aliphatic heterocycles. The van der Waals surface area contributed by atoms with Gasteiger partial charge in [0.05, 0.1) is 19.8 Å². The van der Waals surface area contributed by atoms with Gasteiger partial charge in [0.2, 0.25) is 0 Å². The number of hydrogen-bond acceptors (Lipinski definition) is 3. The average molecular weight is 421 g/mol. The number of hydrogen-bond donors (Lipinski definition) is 1. The molecule has 0 radical (unpaired) electrons. The Morgan fingerprint density at radius 3 is 1.90 bits per heavy atom. The number of aliphatic hydroxyl groups excluding tert-OH is 1. The molecule has 0 saturated carbocycles. The van der Waals surface area contributed by atoms with E-state index in [2.05, 4.69) is 13.8 Å². The first kappa shape index (κ1) is 27.1. The van der Waals surface area contributed by atoms with Gasteiger partial charge in [-0.15, -0.1) is 0 Å². The van der Waals surface area contributed by atoms with E-state index in [1.54, 1.807) is 0 Å². The molecule has 0 fully saturated rings. The molecule has 1 aromatic rings. The van der Waals surface area contributed by atoms with Crippen molar-refractivity contribution in [1.82, 2.24) is 0 Å². The van der Waals surface area contributed by atoms with Gasteiger partial charge in [-0.05, 0) is 17.9 Å². The monoisotopic (exact) mass is 420 g/mol. The molecule has 0 spiro atoms. The summed E-state index contributed by atoms with van der Waals surface area (Å²) in [6, 6.07) is 10.1. The van der Waals surface area contributed by atoms with E-state index in [0.717, 1.165) is 12.2 Å². The van der Waals surface area contributed by atoms with Crippen LogP contribution in [0.5, 0.6) is 0 Å². The highest BCUT2D eigenvalue weighted by molar-refractivity contribution is 5.13. The molecule has 1 unspecified atom stereocenters. The van der Waals surface area contributed by atoms with Gasteiger partial charge in [0.25, 0.3) is 0 Å². The molecule has 30 heavy (non-hydrogen) atoms. The second kappa shape index (κ2) is 20.0. The number of ether oxygens (including phenoxy) is 2. The molecular weight excluding hydrogens is 372 g/mol. The van der Waals surface area contributed by atoms with Gasteiger partial charge in [0.1, 0.15) is 6.10 Å². The molecule has 3 heteroatoms. The Kier molecular flexibility index (Phi) is 18.1. The van der Waals surface area contributed by atoms with Gasteiger partial charge >= 0.3 is 0 Å². The van der Waals surface area contributed by atoms with Gasteiger partial charge in [-0.2, -0.15) is 0 Å². The van der Waals surface area contributed by atoms with Gasteiger partial charge in [-0.1, -0.05) is 121 Å².